The Labute approximate surface area is 102 Å². The van der Waals surface area contributed by atoms with Crippen LogP contribution < -0.4 is 10.1 Å². The van der Waals surface area contributed by atoms with Crippen LogP contribution >= 0.6 is 0 Å². The highest BCUT2D eigenvalue weighted by atomic mass is 16.5. The number of nitrogens with one attached hydrogen (secondary N) is 1. The van der Waals surface area contributed by atoms with Crippen LogP contribution in [-0.4, -0.2) is 19.7 Å². The van der Waals surface area contributed by atoms with Gasteiger partial charge in [0.05, 0.1) is 13.2 Å². The summed E-state index contributed by atoms with van der Waals surface area (Å²) in [7, 11) is 1.70. The highest BCUT2D eigenvalue weighted by Gasteiger charge is 2.18. The average Bonchev–Trinajstić information content (AvgIpc) is 2.38. The first-order chi connectivity index (χ1) is 8.33. The maximum absolute atomic E-state index is 8.52. The first kappa shape index (κ1) is 11.9. The van der Waals surface area contributed by atoms with Crippen LogP contribution in [0.1, 0.15) is 24.0 Å². The van der Waals surface area contributed by atoms with E-state index >= 15 is 0 Å². The van der Waals surface area contributed by atoms with E-state index in [1.807, 2.05) is 6.07 Å². The minimum Gasteiger partial charge on any atom is -0.497 e. The van der Waals surface area contributed by atoms with Gasteiger partial charge in [-0.25, -0.2) is 0 Å². The molecule has 0 aliphatic heterocycles. The van der Waals surface area contributed by atoms with E-state index in [1.165, 1.54) is 11.1 Å². The summed E-state index contributed by atoms with van der Waals surface area (Å²) in [4.78, 5) is 0. The summed E-state index contributed by atoms with van der Waals surface area (Å²) in [6, 6.07) is 8.99. The summed E-state index contributed by atoms with van der Waals surface area (Å²) in [6.45, 7) is 0.792. The van der Waals surface area contributed by atoms with Crippen LogP contribution in [0.25, 0.3) is 0 Å². The first-order valence-electron chi connectivity index (χ1n) is 6.09. The van der Waals surface area contributed by atoms with Crippen molar-refractivity contribution in [2.45, 2.75) is 31.7 Å². The molecular formula is C14H18N2O. The van der Waals surface area contributed by atoms with Crippen molar-refractivity contribution in [3.05, 3.63) is 29.3 Å². The van der Waals surface area contributed by atoms with Gasteiger partial charge in [-0.15, -0.1) is 0 Å². The van der Waals surface area contributed by atoms with Crippen molar-refractivity contribution in [1.29, 1.82) is 5.26 Å². The lowest BCUT2D eigenvalue weighted by molar-refractivity contribution is 0.411. The molecule has 2 rings (SSSR count). The lowest BCUT2D eigenvalue weighted by Crippen LogP contribution is -2.35. The van der Waals surface area contributed by atoms with Crippen molar-refractivity contribution >= 4 is 0 Å². The predicted molar refractivity (Wildman–Crippen MR) is 67.0 cm³/mol. The van der Waals surface area contributed by atoms with Gasteiger partial charge >= 0.3 is 0 Å². The summed E-state index contributed by atoms with van der Waals surface area (Å²) in [5, 5.41) is 12.0. The van der Waals surface area contributed by atoms with Gasteiger partial charge in [0.15, 0.2) is 0 Å². The Morgan fingerprint density at radius 1 is 1.47 bits per heavy atom. The molecule has 0 radical (unpaired) electrons. The fourth-order valence-electron chi connectivity index (χ4n) is 2.37. The van der Waals surface area contributed by atoms with Crippen molar-refractivity contribution in [3.8, 4) is 11.8 Å². The molecular weight excluding hydrogens is 212 g/mol. The maximum atomic E-state index is 8.52. The van der Waals surface area contributed by atoms with Gasteiger partial charge < -0.3 is 10.1 Å². The molecule has 1 aliphatic rings. The average molecular weight is 230 g/mol. The number of nitrogens with zero attached hydrogens (tertiary/aromatic N) is 1. The molecule has 90 valence electrons. The van der Waals surface area contributed by atoms with Crippen LogP contribution in [0.4, 0.5) is 0 Å². The molecule has 0 fully saturated rings. The third-order valence-electron chi connectivity index (χ3n) is 3.31. The van der Waals surface area contributed by atoms with Crippen molar-refractivity contribution < 1.29 is 4.74 Å². The van der Waals surface area contributed by atoms with Crippen molar-refractivity contribution in [2.75, 3.05) is 13.7 Å². The lowest BCUT2D eigenvalue weighted by atomic mass is 9.88. The molecule has 0 aromatic heterocycles. The number of rotatable bonds is 4. The van der Waals surface area contributed by atoms with Gasteiger partial charge in [0.1, 0.15) is 5.75 Å². The number of aryl methyl sites for hydroxylation is 1. The Morgan fingerprint density at radius 2 is 2.35 bits per heavy atom. The minimum atomic E-state index is 0.503. The number of fused-ring (bicyclic) bond motifs is 1. The summed E-state index contributed by atoms with van der Waals surface area (Å²) >= 11 is 0. The molecule has 1 atom stereocenters. The molecule has 17 heavy (non-hydrogen) atoms. The van der Waals surface area contributed by atoms with Crippen LogP contribution in [0.15, 0.2) is 18.2 Å². The van der Waals surface area contributed by atoms with Gasteiger partial charge in [-0.2, -0.15) is 5.26 Å². The monoisotopic (exact) mass is 230 g/mol. The first-order valence-corrected chi connectivity index (χ1v) is 6.09. The van der Waals surface area contributed by atoms with Gasteiger partial charge in [0.25, 0.3) is 0 Å². The second-order valence-electron chi connectivity index (χ2n) is 4.44. The molecule has 0 saturated heterocycles. The lowest BCUT2D eigenvalue weighted by Gasteiger charge is -2.25. The molecule has 0 spiro atoms. The number of methoxy groups -OCH3 is 1. The van der Waals surface area contributed by atoms with E-state index in [4.69, 9.17) is 10.00 Å². The van der Waals surface area contributed by atoms with E-state index in [0.717, 1.165) is 31.6 Å². The summed E-state index contributed by atoms with van der Waals surface area (Å²) < 4.78 is 5.25. The quantitative estimate of drug-likeness (QED) is 0.805. The zero-order chi connectivity index (χ0) is 12.1. The SMILES string of the molecule is COc1ccc2c(c1)CC(NCCC#N)CC2. The largest absolute Gasteiger partial charge is 0.497 e. The molecule has 3 nitrogen and oxygen atoms in total. The Morgan fingerprint density at radius 3 is 3.12 bits per heavy atom. The van der Waals surface area contributed by atoms with E-state index in [9.17, 15) is 0 Å². The predicted octanol–water partition coefficient (Wildman–Crippen LogP) is 2.06. The van der Waals surface area contributed by atoms with E-state index < -0.39 is 0 Å². The molecule has 1 N–H and O–H groups in total. The third-order valence-corrected chi connectivity index (χ3v) is 3.31. The van der Waals surface area contributed by atoms with Crippen LogP contribution in [0.5, 0.6) is 5.75 Å². The normalized spacial score (nSPS) is 18.2. The highest BCUT2D eigenvalue weighted by Crippen LogP contribution is 2.25. The summed E-state index contributed by atoms with van der Waals surface area (Å²) in [6.07, 6.45) is 3.90. The Hall–Kier alpha value is -1.53. The highest BCUT2D eigenvalue weighted by molar-refractivity contribution is 5.37. The van der Waals surface area contributed by atoms with Gasteiger partial charge in [0.2, 0.25) is 0 Å². The van der Waals surface area contributed by atoms with Gasteiger partial charge in [0, 0.05) is 19.0 Å². The van der Waals surface area contributed by atoms with E-state index in [1.54, 1.807) is 7.11 Å². The smallest absolute Gasteiger partial charge is 0.119 e. The Balaban J connectivity index is 1.99. The van der Waals surface area contributed by atoms with Crippen molar-refractivity contribution in [2.24, 2.45) is 0 Å². The standard InChI is InChI=1S/C14H18N2O/c1-17-14-6-4-11-3-5-13(9-12(11)10-14)16-8-2-7-15/h4,6,10,13,16H,2-3,5,8-9H2,1H3. The zero-order valence-electron chi connectivity index (χ0n) is 10.2. The van der Waals surface area contributed by atoms with E-state index in [2.05, 4.69) is 23.5 Å². The number of benzene rings is 1. The molecule has 0 heterocycles. The molecule has 0 saturated carbocycles. The van der Waals surface area contributed by atoms with Crippen LogP contribution in [0.3, 0.4) is 0 Å². The van der Waals surface area contributed by atoms with Gasteiger partial charge in [-0.05, 0) is 42.5 Å². The van der Waals surface area contributed by atoms with Crippen LogP contribution in [-0.2, 0) is 12.8 Å². The van der Waals surface area contributed by atoms with Gasteiger partial charge in [-0.3, -0.25) is 0 Å². The minimum absolute atomic E-state index is 0.503. The second-order valence-corrected chi connectivity index (χ2v) is 4.44. The number of ether oxygens (including phenoxy) is 1. The fourth-order valence-corrected chi connectivity index (χ4v) is 2.37. The maximum Gasteiger partial charge on any atom is 0.119 e. The molecule has 0 amide bonds. The topological polar surface area (TPSA) is 45.0 Å². The Kier molecular flexibility index (Phi) is 4.00. The molecule has 1 unspecified atom stereocenters. The molecule has 1 aromatic carbocycles. The van der Waals surface area contributed by atoms with E-state index in [-0.39, 0.29) is 0 Å². The second kappa shape index (κ2) is 5.70. The summed E-state index contributed by atoms with van der Waals surface area (Å²) in [5.41, 5.74) is 2.81. The van der Waals surface area contributed by atoms with Crippen LogP contribution in [0.2, 0.25) is 0 Å². The number of nitriles is 1. The van der Waals surface area contributed by atoms with Gasteiger partial charge in [-0.1, -0.05) is 6.07 Å². The van der Waals surface area contributed by atoms with Crippen LogP contribution in [0, 0.1) is 11.3 Å². The van der Waals surface area contributed by atoms with Crippen molar-refractivity contribution in [3.63, 3.8) is 0 Å². The number of hydrogen-bond donors (Lipinski definition) is 1. The molecule has 1 aliphatic carbocycles. The molecule has 1 aromatic rings. The summed E-state index contributed by atoms with van der Waals surface area (Å²) in [5.74, 6) is 0.932. The Bertz CT molecular complexity index is 423. The van der Waals surface area contributed by atoms with Crippen molar-refractivity contribution in [1.82, 2.24) is 5.32 Å². The zero-order valence-corrected chi connectivity index (χ0v) is 10.2. The molecule has 3 heteroatoms. The molecule has 0 bridgehead atoms. The third kappa shape index (κ3) is 2.98. The van der Waals surface area contributed by atoms with E-state index in [0.29, 0.717) is 12.5 Å². The fraction of sp³-hybridized carbons (Fsp3) is 0.500. The number of hydrogen-bond acceptors (Lipinski definition) is 3.